The maximum Gasteiger partial charge on any atom is 0.255 e. The minimum atomic E-state index is -0.240. The smallest absolute Gasteiger partial charge is 0.255 e. The van der Waals surface area contributed by atoms with E-state index in [1.54, 1.807) is 31.0 Å². The molecule has 1 aliphatic rings. The summed E-state index contributed by atoms with van der Waals surface area (Å²) in [5, 5.41) is 3.49. The number of methoxy groups -OCH3 is 2. The van der Waals surface area contributed by atoms with Crippen molar-refractivity contribution in [3.05, 3.63) is 64.6 Å². The minimum absolute atomic E-state index is 0.00615. The summed E-state index contributed by atoms with van der Waals surface area (Å²) in [5.74, 6) is 2.39. The molecule has 0 bridgehead atoms. The van der Waals surface area contributed by atoms with Crippen molar-refractivity contribution in [2.24, 2.45) is 0 Å². The van der Waals surface area contributed by atoms with Gasteiger partial charge in [-0.2, -0.15) is 0 Å². The average Bonchev–Trinajstić information content (AvgIpc) is 2.78. The monoisotopic (exact) mass is 421 g/mol. The summed E-state index contributed by atoms with van der Waals surface area (Å²) in [5.41, 5.74) is 1.94. The Labute approximate surface area is 181 Å². The maximum atomic E-state index is 12.9. The Kier molecular flexibility index (Phi) is 5.73. The van der Waals surface area contributed by atoms with Crippen molar-refractivity contribution in [3.8, 4) is 22.9 Å². The molecule has 0 spiro atoms. The summed E-state index contributed by atoms with van der Waals surface area (Å²) in [6, 6.07) is 9.11. The van der Waals surface area contributed by atoms with Crippen LogP contribution in [0.4, 0.5) is 0 Å². The van der Waals surface area contributed by atoms with Gasteiger partial charge in [0.1, 0.15) is 23.7 Å². The van der Waals surface area contributed by atoms with E-state index in [0.29, 0.717) is 18.1 Å². The summed E-state index contributed by atoms with van der Waals surface area (Å²) in [4.78, 5) is 26.0. The van der Waals surface area contributed by atoms with Gasteiger partial charge in [0.05, 0.1) is 32.3 Å². The van der Waals surface area contributed by atoms with Crippen molar-refractivity contribution in [1.82, 2.24) is 24.8 Å². The van der Waals surface area contributed by atoms with Gasteiger partial charge >= 0.3 is 0 Å². The second kappa shape index (κ2) is 8.47. The quantitative estimate of drug-likeness (QED) is 0.654. The Bertz CT molecular complexity index is 1130. The molecule has 4 rings (SSSR count). The topological polar surface area (TPSA) is 91.2 Å². The van der Waals surface area contributed by atoms with Crippen LogP contribution in [0.5, 0.6) is 11.5 Å². The zero-order valence-electron chi connectivity index (χ0n) is 18.3. The van der Waals surface area contributed by atoms with Gasteiger partial charge in [0.25, 0.3) is 5.56 Å². The zero-order valence-corrected chi connectivity index (χ0v) is 18.3. The van der Waals surface area contributed by atoms with E-state index in [9.17, 15) is 4.79 Å². The predicted molar refractivity (Wildman–Crippen MR) is 117 cm³/mol. The Hall–Kier alpha value is -3.26. The third-order valence-electron chi connectivity index (χ3n) is 5.95. The van der Waals surface area contributed by atoms with Crippen molar-refractivity contribution in [2.75, 3.05) is 14.2 Å². The Balaban J connectivity index is 1.72. The fourth-order valence-electron chi connectivity index (χ4n) is 4.12. The fourth-order valence-corrected chi connectivity index (χ4v) is 4.12. The lowest BCUT2D eigenvalue weighted by molar-refractivity contribution is 0.223. The molecule has 3 aromatic rings. The molecule has 1 N–H and O–H groups in total. The van der Waals surface area contributed by atoms with Crippen molar-refractivity contribution in [1.29, 1.82) is 0 Å². The standard InChI is InChI=1S/C23H27N5O3/c1-23(2)17(7-5-15-11-16(30-3)6-8-20(15)31-4)22-27-19(18-9-10-24-13-25-18)12-21(29)28(22)14-26-23/h6,8-13,17,26H,5,7,14H2,1-4H3. The van der Waals surface area contributed by atoms with Crippen molar-refractivity contribution in [3.63, 3.8) is 0 Å². The van der Waals surface area contributed by atoms with Gasteiger partial charge in [0.2, 0.25) is 0 Å². The molecular formula is C23H27N5O3. The van der Waals surface area contributed by atoms with Gasteiger partial charge in [-0.15, -0.1) is 0 Å². The molecule has 2 aromatic heterocycles. The van der Waals surface area contributed by atoms with Crippen LogP contribution in [0.15, 0.2) is 47.7 Å². The average molecular weight is 422 g/mol. The van der Waals surface area contributed by atoms with Gasteiger partial charge in [-0.05, 0) is 56.5 Å². The van der Waals surface area contributed by atoms with Crippen LogP contribution in [0, 0.1) is 0 Å². The number of rotatable bonds is 6. The van der Waals surface area contributed by atoms with Crippen molar-refractivity contribution >= 4 is 0 Å². The van der Waals surface area contributed by atoms with E-state index >= 15 is 0 Å². The Morgan fingerprint density at radius 3 is 2.71 bits per heavy atom. The number of nitrogens with one attached hydrogen (secondary N) is 1. The molecule has 0 saturated carbocycles. The molecular weight excluding hydrogens is 394 g/mol. The molecule has 1 unspecified atom stereocenters. The molecule has 0 radical (unpaired) electrons. The lowest BCUT2D eigenvalue weighted by Crippen LogP contribution is -2.53. The zero-order chi connectivity index (χ0) is 22.0. The summed E-state index contributed by atoms with van der Waals surface area (Å²) in [6.07, 6.45) is 4.65. The third kappa shape index (κ3) is 4.16. The molecule has 31 heavy (non-hydrogen) atoms. The van der Waals surface area contributed by atoms with Gasteiger partial charge in [0.15, 0.2) is 0 Å². The molecule has 3 heterocycles. The van der Waals surface area contributed by atoms with Gasteiger partial charge in [0, 0.05) is 23.7 Å². The number of nitrogens with zero attached hydrogens (tertiary/aromatic N) is 4. The van der Waals surface area contributed by atoms with E-state index in [0.717, 1.165) is 35.7 Å². The summed E-state index contributed by atoms with van der Waals surface area (Å²) >= 11 is 0. The second-order valence-corrected chi connectivity index (χ2v) is 8.19. The van der Waals surface area contributed by atoms with Gasteiger partial charge in [-0.1, -0.05) is 0 Å². The van der Waals surface area contributed by atoms with E-state index in [1.807, 2.05) is 18.2 Å². The number of hydrogen-bond acceptors (Lipinski definition) is 7. The highest BCUT2D eigenvalue weighted by Gasteiger charge is 2.37. The Morgan fingerprint density at radius 2 is 2.00 bits per heavy atom. The lowest BCUT2D eigenvalue weighted by Gasteiger charge is -2.41. The SMILES string of the molecule is COc1ccc(OC)c(CCC2c3nc(-c4ccncn4)cc(=O)n3CNC2(C)C)c1. The fraction of sp³-hybridized carbons (Fsp3) is 0.391. The van der Waals surface area contributed by atoms with Crippen molar-refractivity contribution in [2.45, 2.75) is 44.8 Å². The molecule has 1 aromatic carbocycles. The summed E-state index contributed by atoms with van der Waals surface area (Å²) in [6.45, 7) is 4.72. The lowest BCUT2D eigenvalue weighted by atomic mass is 9.81. The van der Waals surface area contributed by atoms with E-state index in [4.69, 9.17) is 14.5 Å². The number of fused-ring (bicyclic) bond motifs is 1. The largest absolute Gasteiger partial charge is 0.497 e. The summed E-state index contributed by atoms with van der Waals surface area (Å²) < 4.78 is 12.6. The van der Waals surface area contributed by atoms with Crippen molar-refractivity contribution < 1.29 is 9.47 Å². The first-order valence-corrected chi connectivity index (χ1v) is 10.3. The van der Waals surface area contributed by atoms with Gasteiger partial charge in [-0.25, -0.2) is 15.0 Å². The van der Waals surface area contributed by atoms with Crippen LogP contribution >= 0.6 is 0 Å². The van der Waals surface area contributed by atoms with Crippen LogP contribution in [0.3, 0.4) is 0 Å². The van der Waals surface area contributed by atoms with E-state index < -0.39 is 0 Å². The molecule has 0 saturated heterocycles. The van der Waals surface area contributed by atoms with E-state index in [-0.39, 0.29) is 17.0 Å². The van der Waals surface area contributed by atoms with Gasteiger partial charge < -0.3 is 9.47 Å². The van der Waals surface area contributed by atoms with Crippen LogP contribution in [0.1, 0.15) is 37.6 Å². The number of hydrogen-bond donors (Lipinski definition) is 1. The number of aromatic nitrogens is 4. The predicted octanol–water partition coefficient (Wildman–Crippen LogP) is 2.77. The molecule has 0 fully saturated rings. The normalized spacial score (nSPS) is 17.1. The molecule has 1 aliphatic heterocycles. The number of benzene rings is 1. The van der Waals surface area contributed by atoms with E-state index in [2.05, 4.69) is 29.1 Å². The highest BCUT2D eigenvalue weighted by atomic mass is 16.5. The van der Waals surface area contributed by atoms with Crippen LogP contribution in [-0.4, -0.2) is 39.3 Å². The van der Waals surface area contributed by atoms with Crippen LogP contribution in [0.2, 0.25) is 0 Å². The number of aryl methyl sites for hydroxylation is 1. The maximum absolute atomic E-state index is 12.9. The second-order valence-electron chi connectivity index (χ2n) is 8.19. The molecule has 1 atom stereocenters. The number of ether oxygens (including phenoxy) is 2. The first kappa shape index (κ1) is 21.0. The molecule has 0 aliphatic carbocycles. The Morgan fingerprint density at radius 1 is 1.16 bits per heavy atom. The first-order valence-electron chi connectivity index (χ1n) is 10.3. The molecule has 0 amide bonds. The van der Waals surface area contributed by atoms with Crippen LogP contribution in [0.25, 0.3) is 11.4 Å². The first-order chi connectivity index (χ1) is 14.9. The highest BCUT2D eigenvalue weighted by Crippen LogP contribution is 2.36. The van der Waals surface area contributed by atoms with E-state index in [1.165, 1.54) is 12.4 Å². The van der Waals surface area contributed by atoms with Crippen LogP contribution in [-0.2, 0) is 13.1 Å². The molecule has 8 heteroatoms. The minimum Gasteiger partial charge on any atom is -0.497 e. The summed E-state index contributed by atoms with van der Waals surface area (Å²) in [7, 11) is 3.32. The highest BCUT2D eigenvalue weighted by molar-refractivity contribution is 5.52. The third-order valence-corrected chi connectivity index (χ3v) is 5.95. The van der Waals surface area contributed by atoms with Gasteiger partial charge in [-0.3, -0.25) is 14.7 Å². The molecule has 8 nitrogen and oxygen atoms in total. The molecule has 162 valence electrons. The van der Waals surface area contributed by atoms with Crippen LogP contribution < -0.4 is 20.3 Å².